The van der Waals surface area contributed by atoms with Crippen LogP contribution in [0.5, 0.6) is 0 Å². The monoisotopic (exact) mass is 633 g/mol. The first-order chi connectivity index (χ1) is 21.8. The van der Waals surface area contributed by atoms with Crippen LogP contribution in [0.25, 0.3) is 0 Å². The Morgan fingerprint density at radius 2 is 1.80 bits per heavy atom. The highest BCUT2D eigenvalue weighted by atomic mass is 35.5. The highest BCUT2D eigenvalue weighted by molar-refractivity contribution is 6.34. The van der Waals surface area contributed by atoms with Gasteiger partial charge in [0.25, 0.3) is 5.91 Å². The summed E-state index contributed by atoms with van der Waals surface area (Å²) < 4.78 is 12.3. The molecule has 2 fully saturated rings. The topological polar surface area (TPSA) is 125 Å². The zero-order valence-corrected chi connectivity index (χ0v) is 25.6. The normalized spacial score (nSPS) is 31.5. The molecular formula is C34H36ClN3O7. The minimum Gasteiger partial charge on any atom is -0.463 e. The molecule has 2 aromatic rings. The van der Waals surface area contributed by atoms with Crippen molar-refractivity contribution in [3.63, 3.8) is 0 Å². The molecule has 7 atom stereocenters. The van der Waals surface area contributed by atoms with Crippen LogP contribution in [0.4, 0.5) is 5.69 Å². The number of allylic oxidation sites excluding steroid dienone is 1. The second-order valence-corrected chi connectivity index (χ2v) is 12.2. The van der Waals surface area contributed by atoms with Gasteiger partial charge in [0.2, 0.25) is 11.8 Å². The highest BCUT2D eigenvalue weighted by Crippen LogP contribution is 2.54. The fourth-order valence-electron chi connectivity index (χ4n) is 7.07. The van der Waals surface area contributed by atoms with Crippen LogP contribution < -0.4 is 10.2 Å². The lowest BCUT2D eigenvalue weighted by atomic mass is 9.77. The third kappa shape index (κ3) is 5.45. The summed E-state index contributed by atoms with van der Waals surface area (Å²) in [6.45, 7) is 1.55. The van der Waals surface area contributed by atoms with E-state index in [2.05, 4.69) is 5.32 Å². The Morgan fingerprint density at radius 3 is 2.53 bits per heavy atom. The number of ether oxygens (including phenoxy) is 2. The fraction of sp³-hybridized carbons (Fsp3) is 0.412. The van der Waals surface area contributed by atoms with E-state index >= 15 is 0 Å². The van der Waals surface area contributed by atoms with Crippen molar-refractivity contribution in [1.29, 1.82) is 0 Å². The van der Waals surface area contributed by atoms with Gasteiger partial charge in [-0.2, -0.15) is 0 Å². The first-order valence-corrected chi connectivity index (χ1v) is 15.7. The fourth-order valence-corrected chi connectivity index (χ4v) is 7.31. The zero-order chi connectivity index (χ0) is 31.7. The molecule has 4 aliphatic rings. The van der Waals surface area contributed by atoms with Gasteiger partial charge >= 0.3 is 5.97 Å². The van der Waals surface area contributed by atoms with E-state index in [0.717, 1.165) is 5.56 Å². The number of anilines is 1. The molecule has 6 rings (SSSR count). The summed E-state index contributed by atoms with van der Waals surface area (Å²) in [5.74, 6) is -3.79. The van der Waals surface area contributed by atoms with E-state index in [1.54, 1.807) is 48.6 Å². The lowest BCUT2D eigenvalue weighted by Crippen LogP contribution is -2.58. The molecule has 1 spiro atoms. The number of para-hydroxylation sites is 1. The van der Waals surface area contributed by atoms with Crippen LogP contribution in [0.3, 0.4) is 0 Å². The maximum atomic E-state index is 14.6. The van der Waals surface area contributed by atoms with Crippen molar-refractivity contribution in [3.8, 4) is 0 Å². The van der Waals surface area contributed by atoms with Gasteiger partial charge in [-0.05, 0) is 30.5 Å². The van der Waals surface area contributed by atoms with Crippen LogP contribution in [-0.4, -0.2) is 77.2 Å². The molecule has 11 heteroatoms. The molecule has 10 nitrogen and oxygen atoms in total. The Balaban J connectivity index is 1.46. The van der Waals surface area contributed by atoms with E-state index in [9.17, 15) is 24.3 Å². The Bertz CT molecular complexity index is 1530. The summed E-state index contributed by atoms with van der Waals surface area (Å²) in [7, 11) is 0. The maximum Gasteiger partial charge on any atom is 0.306 e. The summed E-state index contributed by atoms with van der Waals surface area (Å²) in [4.78, 5) is 58.9. The number of amides is 3. The first kappa shape index (κ1) is 31.0. The molecular weight excluding hydrogens is 598 g/mol. The van der Waals surface area contributed by atoms with Gasteiger partial charge in [0.15, 0.2) is 0 Å². The number of cyclic esters (lactones) is 1. The van der Waals surface area contributed by atoms with Gasteiger partial charge in [-0.1, -0.05) is 85.3 Å². The number of rotatable bonds is 5. The molecule has 4 heterocycles. The Hall–Kier alpha value is -3.99. The molecule has 236 valence electrons. The average Bonchev–Trinajstić information content (AvgIpc) is 3.43. The van der Waals surface area contributed by atoms with Crippen LogP contribution in [0.15, 0.2) is 78.9 Å². The van der Waals surface area contributed by atoms with Crippen LogP contribution in [-0.2, 0) is 28.7 Å². The number of halogens is 1. The quantitative estimate of drug-likeness (QED) is 0.382. The average molecular weight is 634 g/mol. The van der Waals surface area contributed by atoms with E-state index in [0.29, 0.717) is 23.6 Å². The number of benzene rings is 2. The number of likely N-dealkylation sites (tertiary alicyclic amines) is 1. The van der Waals surface area contributed by atoms with Crippen LogP contribution in [0.2, 0.25) is 5.02 Å². The number of carbonyl (C=O) groups excluding carboxylic acids is 4. The number of hydrogen-bond donors (Lipinski definition) is 2. The summed E-state index contributed by atoms with van der Waals surface area (Å²) in [5.41, 5.74) is -0.283. The van der Waals surface area contributed by atoms with Crippen LogP contribution in [0.1, 0.15) is 37.8 Å². The number of fused-ring (bicyclic) bond motifs is 2. The van der Waals surface area contributed by atoms with Gasteiger partial charge in [-0.15, -0.1) is 0 Å². The second kappa shape index (κ2) is 12.8. The largest absolute Gasteiger partial charge is 0.463 e. The molecule has 45 heavy (non-hydrogen) atoms. The van der Waals surface area contributed by atoms with Crippen molar-refractivity contribution in [2.45, 2.75) is 56.0 Å². The Kier molecular flexibility index (Phi) is 8.81. The van der Waals surface area contributed by atoms with E-state index in [1.807, 2.05) is 37.3 Å². The van der Waals surface area contributed by atoms with E-state index in [1.165, 1.54) is 9.80 Å². The summed E-state index contributed by atoms with van der Waals surface area (Å²) >= 11 is 6.53. The standard InChI is InChI=1S/C34H36ClN3O7/c1-2-22(19-39)38-30-33(43)37(25-14-7-6-13-23(25)35)18-10-17-34(30)29(32(38)42)28-26(45-34)15-8-9-16-27(40)44-20-24(36-31(28)41)21-11-4-3-5-12-21/h3-8,10-15,17,22,24,26,28-30,39H,2,9,16,18-20H2,1H3,(H,36,41)/b15-8-/t22-,24-,26+,28-,29-,30+,34-/m0/s1. The zero-order valence-electron chi connectivity index (χ0n) is 24.9. The second-order valence-electron chi connectivity index (χ2n) is 11.8. The van der Waals surface area contributed by atoms with Crippen molar-refractivity contribution in [1.82, 2.24) is 10.2 Å². The molecule has 4 aliphatic heterocycles. The molecule has 0 radical (unpaired) electrons. The smallest absolute Gasteiger partial charge is 0.306 e. The molecule has 3 amide bonds. The number of hydrogen-bond acceptors (Lipinski definition) is 7. The number of carbonyl (C=O) groups is 4. The van der Waals surface area contributed by atoms with Gasteiger partial charge in [0, 0.05) is 13.0 Å². The van der Waals surface area contributed by atoms with Crippen molar-refractivity contribution in [2.75, 3.05) is 24.7 Å². The number of aliphatic hydroxyl groups is 1. The van der Waals surface area contributed by atoms with Crippen molar-refractivity contribution < 1.29 is 33.8 Å². The lowest BCUT2D eigenvalue weighted by Gasteiger charge is -2.38. The SMILES string of the molecule is CC[C@@H](CO)N1C(=O)[C@@H]2[C@H]3C(=O)N[C@H](c4ccccc4)COC(=O)CC/C=C\[C@H]3O[C@@]23C=CCN(c2ccccc2Cl)C(=O)[C@@H]13. The van der Waals surface area contributed by atoms with Crippen molar-refractivity contribution >= 4 is 41.0 Å². The summed E-state index contributed by atoms with van der Waals surface area (Å²) in [6, 6.07) is 13.6. The molecule has 0 aromatic heterocycles. The third-order valence-electron chi connectivity index (χ3n) is 9.22. The number of nitrogens with zero attached hydrogens (tertiary/aromatic N) is 2. The number of nitrogens with one attached hydrogen (secondary N) is 1. The van der Waals surface area contributed by atoms with Crippen molar-refractivity contribution in [3.05, 3.63) is 89.5 Å². The molecule has 0 aliphatic carbocycles. The van der Waals surface area contributed by atoms with Gasteiger partial charge in [0.05, 0.1) is 47.3 Å². The minimum absolute atomic E-state index is 0.0807. The molecule has 2 N–H and O–H groups in total. The summed E-state index contributed by atoms with van der Waals surface area (Å²) in [5, 5.41) is 13.8. The first-order valence-electron chi connectivity index (χ1n) is 15.3. The summed E-state index contributed by atoms with van der Waals surface area (Å²) in [6.07, 6.45) is 6.97. The van der Waals surface area contributed by atoms with Crippen LogP contribution in [0, 0.1) is 11.8 Å². The number of aliphatic hydroxyl groups excluding tert-OH is 1. The maximum absolute atomic E-state index is 14.6. The molecule has 0 saturated carbocycles. The third-order valence-corrected chi connectivity index (χ3v) is 9.54. The van der Waals surface area contributed by atoms with E-state index < -0.39 is 65.4 Å². The Labute approximate surface area is 266 Å². The molecule has 0 bridgehead atoms. The van der Waals surface area contributed by atoms with E-state index in [-0.39, 0.29) is 26.2 Å². The lowest BCUT2D eigenvalue weighted by molar-refractivity contribution is -0.146. The van der Waals surface area contributed by atoms with Gasteiger partial charge < -0.3 is 29.7 Å². The molecule has 0 unspecified atom stereocenters. The Morgan fingerprint density at radius 1 is 1.04 bits per heavy atom. The molecule has 2 saturated heterocycles. The van der Waals surface area contributed by atoms with Gasteiger partial charge in [-0.3, -0.25) is 19.2 Å². The predicted molar refractivity (Wildman–Crippen MR) is 166 cm³/mol. The molecule has 2 aromatic carbocycles. The minimum atomic E-state index is -1.50. The van der Waals surface area contributed by atoms with Crippen molar-refractivity contribution in [2.24, 2.45) is 11.8 Å². The van der Waals surface area contributed by atoms with Crippen LogP contribution >= 0.6 is 11.6 Å². The predicted octanol–water partition coefficient (Wildman–Crippen LogP) is 3.35. The van der Waals surface area contributed by atoms with Gasteiger partial charge in [0.1, 0.15) is 18.2 Å². The van der Waals surface area contributed by atoms with Gasteiger partial charge in [-0.25, -0.2) is 0 Å². The highest BCUT2D eigenvalue weighted by Gasteiger charge is 2.72. The number of esters is 1. The van der Waals surface area contributed by atoms with E-state index in [4.69, 9.17) is 21.1 Å².